The van der Waals surface area contributed by atoms with Gasteiger partial charge in [0, 0.05) is 11.6 Å². The van der Waals surface area contributed by atoms with Gasteiger partial charge in [-0.1, -0.05) is 13.3 Å². The third-order valence-electron chi connectivity index (χ3n) is 2.44. The van der Waals surface area contributed by atoms with E-state index in [4.69, 9.17) is 15.2 Å². The lowest BCUT2D eigenvalue weighted by Gasteiger charge is -2.15. The maximum absolute atomic E-state index is 6.07. The van der Waals surface area contributed by atoms with Crippen molar-refractivity contribution < 1.29 is 9.47 Å². The molecule has 0 amide bonds. The number of methoxy groups -OCH3 is 2. The van der Waals surface area contributed by atoms with E-state index < -0.39 is 0 Å². The fraction of sp³-hybridized carbons (Fsp3) is 0.500. The number of rotatable bonds is 5. The molecule has 2 N–H and O–H groups in total. The quantitative estimate of drug-likeness (QED) is 0.810. The molecule has 3 heteroatoms. The molecule has 0 aromatic heterocycles. The van der Waals surface area contributed by atoms with E-state index in [1.54, 1.807) is 14.2 Å². The Morgan fingerprint density at radius 2 is 2.00 bits per heavy atom. The molecular weight excluding hydrogens is 190 g/mol. The highest BCUT2D eigenvalue weighted by Crippen LogP contribution is 2.30. The van der Waals surface area contributed by atoms with Gasteiger partial charge in [0.1, 0.15) is 11.5 Å². The Labute approximate surface area is 91.2 Å². The van der Waals surface area contributed by atoms with Crippen LogP contribution in [0.5, 0.6) is 11.5 Å². The Kier molecular flexibility index (Phi) is 4.43. The lowest BCUT2D eigenvalue weighted by atomic mass is 10.0. The molecule has 15 heavy (non-hydrogen) atoms. The highest BCUT2D eigenvalue weighted by atomic mass is 16.5. The van der Waals surface area contributed by atoms with Gasteiger partial charge in [-0.15, -0.1) is 0 Å². The van der Waals surface area contributed by atoms with Crippen molar-refractivity contribution in [2.75, 3.05) is 14.2 Å². The van der Waals surface area contributed by atoms with E-state index in [9.17, 15) is 0 Å². The van der Waals surface area contributed by atoms with Crippen molar-refractivity contribution >= 4 is 0 Å². The summed E-state index contributed by atoms with van der Waals surface area (Å²) < 4.78 is 10.4. The van der Waals surface area contributed by atoms with Gasteiger partial charge < -0.3 is 15.2 Å². The van der Waals surface area contributed by atoms with E-state index in [-0.39, 0.29) is 6.04 Å². The van der Waals surface area contributed by atoms with Gasteiger partial charge in [-0.2, -0.15) is 0 Å². The molecule has 0 aliphatic rings. The van der Waals surface area contributed by atoms with Crippen LogP contribution in [-0.2, 0) is 0 Å². The fourth-order valence-electron chi connectivity index (χ4n) is 1.60. The van der Waals surface area contributed by atoms with Gasteiger partial charge in [0.2, 0.25) is 0 Å². The van der Waals surface area contributed by atoms with Crippen molar-refractivity contribution in [1.82, 2.24) is 0 Å². The van der Waals surface area contributed by atoms with E-state index in [2.05, 4.69) is 6.92 Å². The average molecular weight is 209 g/mol. The second-order valence-corrected chi connectivity index (χ2v) is 3.50. The van der Waals surface area contributed by atoms with Crippen LogP contribution in [-0.4, -0.2) is 14.2 Å². The Morgan fingerprint density at radius 3 is 2.53 bits per heavy atom. The standard InChI is InChI=1S/C12H19NO2/c1-4-5-11(13)10-8-9(14-2)6-7-12(10)15-3/h6-8,11H,4-5,13H2,1-3H3/t11-/m1/s1. The van der Waals surface area contributed by atoms with Crippen molar-refractivity contribution in [2.45, 2.75) is 25.8 Å². The summed E-state index contributed by atoms with van der Waals surface area (Å²) >= 11 is 0. The monoisotopic (exact) mass is 209 g/mol. The molecule has 0 unspecified atom stereocenters. The van der Waals surface area contributed by atoms with Gasteiger partial charge in [0.15, 0.2) is 0 Å². The van der Waals surface area contributed by atoms with E-state index in [0.29, 0.717) is 0 Å². The second kappa shape index (κ2) is 5.61. The summed E-state index contributed by atoms with van der Waals surface area (Å²) in [6.07, 6.45) is 2.01. The molecule has 84 valence electrons. The van der Waals surface area contributed by atoms with Crippen molar-refractivity contribution in [1.29, 1.82) is 0 Å². The third-order valence-corrected chi connectivity index (χ3v) is 2.44. The minimum atomic E-state index is 0.0139. The topological polar surface area (TPSA) is 44.5 Å². The van der Waals surface area contributed by atoms with Crippen LogP contribution < -0.4 is 15.2 Å². The summed E-state index contributed by atoms with van der Waals surface area (Å²) in [7, 11) is 3.31. The first-order valence-electron chi connectivity index (χ1n) is 5.20. The molecule has 0 aliphatic heterocycles. The van der Waals surface area contributed by atoms with Crippen LogP contribution in [0.25, 0.3) is 0 Å². The lowest BCUT2D eigenvalue weighted by molar-refractivity contribution is 0.394. The van der Waals surface area contributed by atoms with Crippen molar-refractivity contribution in [3.05, 3.63) is 23.8 Å². The van der Waals surface area contributed by atoms with E-state index >= 15 is 0 Å². The smallest absolute Gasteiger partial charge is 0.123 e. The summed E-state index contributed by atoms with van der Waals surface area (Å²) in [5.41, 5.74) is 7.08. The van der Waals surface area contributed by atoms with E-state index in [1.807, 2.05) is 18.2 Å². The molecule has 0 fully saturated rings. The minimum Gasteiger partial charge on any atom is -0.497 e. The number of benzene rings is 1. The summed E-state index contributed by atoms with van der Waals surface area (Å²) in [6, 6.07) is 5.73. The van der Waals surface area contributed by atoms with Crippen molar-refractivity contribution in [3.8, 4) is 11.5 Å². The van der Waals surface area contributed by atoms with Gasteiger partial charge in [-0.05, 0) is 24.6 Å². The maximum Gasteiger partial charge on any atom is 0.123 e. The minimum absolute atomic E-state index is 0.0139. The third kappa shape index (κ3) is 2.86. The number of ether oxygens (including phenoxy) is 2. The molecule has 0 spiro atoms. The predicted octanol–water partition coefficient (Wildman–Crippen LogP) is 2.50. The molecule has 0 saturated heterocycles. The lowest BCUT2D eigenvalue weighted by Crippen LogP contribution is -2.11. The summed E-state index contributed by atoms with van der Waals surface area (Å²) in [4.78, 5) is 0. The first-order valence-corrected chi connectivity index (χ1v) is 5.20. The molecule has 1 rings (SSSR count). The molecular formula is C12H19NO2. The molecule has 0 saturated carbocycles. The second-order valence-electron chi connectivity index (χ2n) is 3.50. The molecule has 0 heterocycles. The van der Waals surface area contributed by atoms with Crippen molar-refractivity contribution in [2.24, 2.45) is 5.73 Å². The fourth-order valence-corrected chi connectivity index (χ4v) is 1.60. The first-order chi connectivity index (χ1) is 7.22. The predicted molar refractivity (Wildman–Crippen MR) is 61.4 cm³/mol. The molecule has 1 atom stereocenters. The van der Waals surface area contributed by atoms with Crippen LogP contribution in [0.15, 0.2) is 18.2 Å². The van der Waals surface area contributed by atoms with E-state index in [1.165, 1.54) is 0 Å². The first kappa shape index (κ1) is 11.9. The molecule has 0 aliphatic carbocycles. The summed E-state index contributed by atoms with van der Waals surface area (Å²) in [5.74, 6) is 1.65. The Hall–Kier alpha value is -1.22. The Bertz CT molecular complexity index is 312. The molecule has 1 aromatic carbocycles. The Balaban J connectivity index is 3.00. The van der Waals surface area contributed by atoms with Crippen LogP contribution in [0.3, 0.4) is 0 Å². The average Bonchev–Trinajstić information content (AvgIpc) is 2.28. The maximum atomic E-state index is 6.07. The van der Waals surface area contributed by atoms with Gasteiger partial charge in [0.25, 0.3) is 0 Å². The zero-order valence-corrected chi connectivity index (χ0v) is 9.62. The normalized spacial score (nSPS) is 12.3. The van der Waals surface area contributed by atoms with Crippen LogP contribution in [0.1, 0.15) is 31.4 Å². The largest absolute Gasteiger partial charge is 0.497 e. The molecule has 3 nitrogen and oxygen atoms in total. The summed E-state index contributed by atoms with van der Waals surface area (Å²) in [5, 5.41) is 0. The molecule has 0 radical (unpaired) electrons. The van der Waals surface area contributed by atoms with Gasteiger partial charge in [-0.3, -0.25) is 0 Å². The van der Waals surface area contributed by atoms with E-state index in [0.717, 1.165) is 29.9 Å². The van der Waals surface area contributed by atoms with Gasteiger partial charge >= 0.3 is 0 Å². The number of hydrogen-bond acceptors (Lipinski definition) is 3. The number of hydrogen-bond donors (Lipinski definition) is 1. The highest BCUT2D eigenvalue weighted by molar-refractivity contribution is 5.42. The van der Waals surface area contributed by atoms with Crippen LogP contribution in [0.4, 0.5) is 0 Å². The van der Waals surface area contributed by atoms with Crippen LogP contribution in [0.2, 0.25) is 0 Å². The number of nitrogens with two attached hydrogens (primary N) is 1. The SMILES string of the molecule is CCC[C@@H](N)c1cc(OC)ccc1OC. The molecule has 0 bridgehead atoms. The zero-order valence-electron chi connectivity index (χ0n) is 9.62. The zero-order chi connectivity index (χ0) is 11.3. The molecule has 1 aromatic rings. The highest BCUT2D eigenvalue weighted by Gasteiger charge is 2.12. The van der Waals surface area contributed by atoms with Gasteiger partial charge in [0.05, 0.1) is 14.2 Å². The van der Waals surface area contributed by atoms with Crippen molar-refractivity contribution in [3.63, 3.8) is 0 Å². The van der Waals surface area contributed by atoms with Gasteiger partial charge in [-0.25, -0.2) is 0 Å². The van der Waals surface area contributed by atoms with Crippen LogP contribution in [0, 0.1) is 0 Å². The van der Waals surface area contributed by atoms with Crippen LogP contribution >= 0.6 is 0 Å². The Morgan fingerprint density at radius 1 is 1.27 bits per heavy atom. The summed E-state index contributed by atoms with van der Waals surface area (Å²) in [6.45, 7) is 2.12.